The van der Waals surface area contributed by atoms with Crippen molar-refractivity contribution >= 4 is 17.9 Å². The molecule has 0 saturated carbocycles. The minimum absolute atomic E-state index is 0.0564. The summed E-state index contributed by atoms with van der Waals surface area (Å²) in [6.07, 6.45) is 13.0. The molecule has 166 valence electrons. The summed E-state index contributed by atoms with van der Waals surface area (Å²) in [4.78, 5) is 12.4. The first-order valence-corrected chi connectivity index (χ1v) is 11.7. The van der Waals surface area contributed by atoms with Gasteiger partial charge in [0.1, 0.15) is 17.0 Å². The van der Waals surface area contributed by atoms with Crippen LogP contribution in [0.2, 0.25) is 0 Å². The van der Waals surface area contributed by atoms with Gasteiger partial charge in [-0.2, -0.15) is 0 Å². The molecule has 1 saturated heterocycles. The first-order valence-electron chi connectivity index (χ1n) is 10.9. The summed E-state index contributed by atoms with van der Waals surface area (Å²) >= 11 is 1.73. The van der Waals surface area contributed by atoms with Crippen molar-refractivity contribution in [3.8, 4) is 0 Å². The highest BCUT2D eigenvalue weighted by molar-refractivity contribution is 7.97. The number of hydrogen-bond acceptors (Lipinski definition) is 4. The smallest absolute Gasteiger partial charge is 0.320 e. The van der Waals surface area contributed by atoms with Crippen molar-refractivity contribution in [1.29, 1.82) is 0 Å². The van der Waals surface area contributed by atoms with Gasteiger partial charge in [0.2, 0.25) is 0 Å². The number of esters is 1. The molecule has 2 aliphatic carbocycles. The Hall–Kier alpha value is -1.92. The summed E-state index contributed by atoms with van der Waals surface area (Å²) < 4.78 is 37.3. The fourth-order valence-electron chi connectivity index (χ4n) is 4.80. The lowest BCUT2D eigenvalue weighted by atomic mass is 9.66. The SMILES string of the molecule is COC(=O)C1(c2cc(F)c(CN3SC(C4=CCCC=C4)CC[C@@H]3C)cc2F)C=C(C)C1. The van der Waals surface area contributed by atoms with E-state index < -0.39 is 23.0 Å². The number of nitrogens with zero attached hydrogens (tertiary/aromatic N) is 1. The van der Waals surface area contributed by atoms with Crippen LogP contribution in [0.1, 0.15) is 57.1 Å². The normalized spacial score (nSPS) is 28.5. The first kappa shape index (κ1) is 22.3. The maximum Gasteiger partial charge on any atom is 0.320 e. The van der Waals surface area contributed by atoms with Crippen LogP contribution in [-0.4, -0.2) is 28.7 Å². The molecule has 3 aliphatic rings. The monoisotopic (exact) mass is 445 g/mol. The van der Waals surface area contributed by atoms with Crippen molar-refractivity contribution < 1.29 is 18.3 Å². The second-order valence-electron chi connectivity index (χ2n) is 8.83. The molecule has 0 N–H and O–H groups in total. The quantitative estimate of drug-likeness (QED) is 0.316. The molecule has 1 heterocycles. The van der Waals surface area contributed by atoms with Crippen molar-refractivity contribution in [2.45, 2.75) is 69.2 Å². The third-order valence-electron chi connectivity index (χ3n) is 6.54. The molecule has 1 aliphatic heterocycles. The molecule has 0 amide bonds. The van der Waals surface area contributed by atoms with Gasteiger partial charge in [-0.25, -0.2) is 13.1 Å². The zero-order chi connectivity index (χ0) is 22.2. The molecule has 0 spiro atoms. The summed E-state index contributed by atoms with van der Waals surface area (Å²) in [5.41, 5.74) is 1.45. The zero-order valence-electron chi connectivity index (χ0n) is 18.3. The molecule has 1 aromatic carbocycles. The third-order valence-corrected chi connectivity index (χ3v) is 8.06. The Bertz CT molecular complexity index is 971. The van der Waals surface area contributed by atoms with Crippen molar-refractivity contribution in [3.05, 3.63) is 70.3 Å². The number of carbonyl (C=O) groups excluding carboxylic acids is 1. The van der Waals surface area contributed by atoms with Gasteiger partial charge in [-0.15, -0.1) is 0 Å². The van der Waals surface area contributed by atoms with E-state index in [1.54, 1.807) is 18.0 Å². The van der Waals surface area contributed by atoms with Crippen LogP contribution in [0.4, 0.5) is 8.78 Å². The predicted molar refractivity (Wildman–Crippen MR) is 121 cm³/mol. The third kappa shape index (κ3) is 4.24. The molecule has 4 rings (SSSR count). The summed E-state index contributed by atoms with van der Waals surface area (Å²) in [7, 11) is 1.27. The van der Waals surface area contributed by atoms with Crippen molar-refractivity contribution in [2.24, 2.45) is 0 Å². The highest BCUT2D eigenvalue weighted by atomic mass is 32.2. The Morgan fingerprint density at radius 2 is 2.03 bits per heavy atom. The van der Waals surface area contributed by atoms with Gasteiger partial charge in [0, 0.05) is 29.0 Å². The lowest BCUT2D eigenvalue weighted by molar-refractivity contribution is -0.146. The van der Waals surface area contributed by atoms with Gasteiger partial charge in [0.15, 0.2) is 0 Å². The molecule has 1 fully saturated rings. The van der Waals surface area contributed by atoms with E-state index in [0.29, 0.717) is 23.8 Å². The lowest BCUT2D eigenvalue weighted by Crippen LogP contribution is -2.42. The minimum Gasteiger partial charge on any atom is -0.468 e. The average molecular weight is 446 g/mol. The van der Waals surface area contributed by atoms with Gasteiger partial charge in [-0.05, 0) is 63.7 Å². The molecule has 0 radical (unpaired) electrons. The minimum atomic E-state index is -1.22. The van der Waals surface area contributed by atoms with Gasteiger partial charge < -0.3 is 4.74 Å². The number of ether oxygens (including phenoxy) is 1. The van der Waals surface area contributed by atoms with Crippen LogP contribution in [0.3, 0.4) is 0 Å². The standard InChI is InChI=1S/C25H29F2NO2S/c1-16-13-25(14-16,24(29)30-3)20-12-21(26)19(11-22(20)27)15-28-17(2)9-10-23(31-28)18-7-5-4-6-8-18/h5,7-8,11-13,17,23H,4,6,9-10,14-15H2,1-3H3/t17-,23?,25?/m0/s1. The Labute approximate surface area is 187 Å². The lowest BCUT2D eigenvalue weighted by Gasteiger charge is -2.38. The molecule has 2 unspecified atom stereocenters. The number of methoxy groups -OCH3 is 1. The second-order valence-corrected chi connectivity index (χ2v) is 10.1. The van der Waals surface area contributed by atoms with E-state index in [2.05, 4.69) is 29.5 Å². The van der Waals surface area contributed by atoms with E-state index in [-0.39, 0.29) is 11.6 Å². The Morgan fingerprint density at radius 1 is 1.26 bits per heavy atom. The molecular formula is C25H29F2NO2S. The van der Waals surface area contributed by atoms with Crippen LogP contribution in [-0.2, 0) is 21.5 Å². The fourth-order valence-corrected chi connectivity index (χ4v) is 6.19. The predicted octanol–water partition coefficient (Wildman–Crippen LogP) is 6.00. The highest BCUT2D eigenvalue weighted by Gasteiger charge is 2.47. The summed E-state index contributed by atoms with van der Waals surface area (Å²) in [6, 6.07) is 2.72. The first-order chi connectivity index (χ1) is 14.8. The highest BCUT2D eigenvalue weighted by Crippen LogP contribution is 2.45. The van der Waals surface area contributed by atoms with Crippen molar-refractivity contribution in [1.82, 2.24) is 4.31 Å². The molecule has 3 nitrogen and oxygen atoms in total. The molecule has 3 atom stereocenters. The summed E-state index contributed by atoms with van der Waals surface area (Å²) in [5.74, 6) is -1.60. The number of rotatable bonds is 5. The van der Waals surface area contributed by atoms with Crippen LogP contribution in [0.5, 0.6) is 0 Å². The maximum atomic E-state index is 15.1. The van der Waals surface area contributed by atoms with Crippen LogP contribution in [0.15, 0.2) is 47.6 Å². The average Bonchev–Trinajstić information content (AvgIpc) is 2.75. The van der Waals surface area contributed by atoms with E-state index in [4.69, 9.17) is 4.74 Å². The number of hydrogen-bond donors (Lipinski definition) is 0. The Morgan fingerprint density at radius 3 is 2.68 bits per heavy atom. The fraction of sp³-hybridized carbons (Fsp3) is 0.480. The molecule has 0 bridgehead atoms. The van der Waals surface area contributed by atoms with E-state index >= 15 is 8.78 Å². The van der Waals surface area contributed by atoms with E-state index in [1.807, 2.05) is 6.92 Å². The maximum absolute atomic E-state index is 15.1. The van der Waals surface area contributed by atoms with Gasteiger partial charge in [-0.3, -0.25) is 4.79 Å². The summed E-state index contributed by atoms with van der Waals surface area (Å²) in [5, 5.41) is 0.352. The van der Waals surface area contributed by atoms with Gasteiger partial charge >= 0.3 is 5.97 Å². The van der Waals surface area contributed by atoms with Crippen molar-refractivity contribution in [2.75, 3.05) is 7.11 Å². The number of allylic oxidation sites excluding steroid dienone is 4. The number of carbonyl (C=O) groups is 1. The Kier molecular flexibility index (Phi) is 6.40. The number of benzene rings is 1. The van der Waals surface area contributed by atoms with E-state index in [0.717, 1.165) is 31.3 Å². The Balaban J connectivity index is 1.56. The van der Waals surface area contributed by atoms with Gasteiger partial charge in [0.25, 0.3) is 0 Å². The van der Waals surface area contributed by atoms with Gasteiger partial charge in [0.05, 0.1) is 7.11 Å². The van der Waals surface area contributed by atoms with Gasteiger partial charge in [-0.1, -0.05) is 41.8 Å². The molecular weight excluding hydrogens is 416 g/mol. The topological polar surface area (TPSA) is 29.5 Å². The molecule has 6 heteroatoms. The van der Waals surface area contributed by atoms with Crippen LogP contribution < -0.4 is 0 Å². The molecule has 0 aromatic heterocycles. The summed E-state index contributed by atoms with van der Waals surface area (Å²) in [6.45, 7) is 4.32. The number of halogens is 2. The largest absolute Gasteiger partial charge is 0.468 e. The molecule has 31 heavy (non-hydrogen) atoms. The van der Waals surface area contributed by atoms with Crippen molar-refractivity contribution in [3.63, 3.8) is 0 Å². The van der Waals surface area contributed by atoms with Crippen LogP contribution in [0, 0.1) is 11.6 Å². The second kappa shape index (κ2) is 8.91. The van der Waals surface area contributed by atoms with E-state index in [9.17, 15) is 4.79 Å². The van der Waals surface area contributed by atoms with Crippen LogP contribution >= 0.6 is 11.9 Å². The van der Waals surface area contributed by atoms with E-state index in [1.165, 1.54) is 24.8 Å². The van der Waals surface area contributed by atoms with Crippen LogP contribution in [0.25, 0.3) is 0 Å². The zero-order valence-corrected chi connectivity index (χ0v) is 19.1. The molecule has 1 aromatic rings.